The number of carbonyl (C=O) groups excluding carboxylic acids is 1. The highest BCUT2D eigenvalue weighted by molar-refractivity contribution is 5.79. The Hall–Kier alpha value is -1.26. The monoisotopic (exact) mass is 235 g/mol. The molecule has 0 atom stereocenters. The summed E-state index contributed by atoms with van der Waals surface area (Å²) in [7, 11) is 1.63. The maximum absolute atomic E-state index is 11.2. The average Bonchev–Trinajstić information content (AvgIpc) is 2.35. The maximum Gasteiger partial charge on any atom is 0.133 e. The summed E-state index contributed by atoms with van der Waals surface area (Å²) in [5.74, 6) is 0.227. The number of nitrogens with zero attached hydrogens (tertiary/aromatic N) is 1. The number of aliphatic hydroxyl groups is 1. The second kappa shape index (κ2) is 4.94. The van der Waals surface area contributed by atoms with Crippen LogP contribution in [-0.2, 0) is 21.7 Å². The topological polar surface area (TPSA) is 59.4 Å². The Balaban J connectivity index is 2.13. The van der Waals surface area contributed by atoms with Gasteiger partial charge in [0.15, 0.2) is 0 Å². The molecule has 1 aliphatic carbocycles. The number of carbonyl (C=O) groups is 1. The quantitative estimate of drug-likeness (QED) is 0.863. The van der Waals surface area contributed by atoms with E-state index >= 15 is 0 Å². The smallest absolute Gasteiger partial charge is 0.133 e. The Labute approximate surface area is 101 Å². The van der Waals surface area contributed by atoms with Crippen LogP contribution in [0.25, 0.3) is 0 Å². The molecule has 4 heteroatoms. The van der Waals surface area contributed by atoms with Crippen molar-refractivity contribution in [2.45, 2.75) is 37.9 Å². The van der Waals surface area contributed by atoms with E-state index in [0.717, 1.165) is 5.56 Å². The van der Waals surface area contributed by atoms with E-state index in [1.807, 2.05) is 12.1 Å². The van der Waals surface area contributed by atoms with Gasteiger partial charge in [0.1, 0.15) is 11.4 Å². The van der Waals surface area contributed by atoms with Gasteiger partial charge in [-0.15, -0.1) is 0 Å². The van der Waals surface area contributed by atoms with E-state index in [-0.39, 0.29) is 5.78 Å². The molecule has 1 fully saturated rings. The van der Waals surface area contributed by atoms with Gasteiger partial charge in [0.05, 0.1) is 12.3 Å². The first-order chi connectivity index (χ1) is 8.14. The van der Waals surface area contributed by atoms with Crippen molar-refractivity contribution in [2.24, 2.45) is 0 Å². The molecule has 1 heterocycles. The number of Topliss-reactive ketones (excluding diaryl/α,β-unsaturated/α-hetero) is 1. The third-order valence-corrected chi connectivity index (χ3v) is 3.25. The van der Waals surface area contributed by atoms with Gasteiger partial charge in [-0.25, -0.2) is 0 Å². The second-order valence-corrected chi connectivity index (χ2v) is 4.55. The Bertz CT molecular complexity index is 390. The summed E-state index contributed by atoms with van der Waals surface area (Å²) in [4.78, 5) is 15.4. The summed E-state index contributed by atoms with van der Waals surface area (Å²) in [6.45, 7) is 0.518. The van der Waals surface area contributed by atoms with Gasteiger partial charge in [0.2, 0.25) is 0 Å². The van der Waals surface area contributed by atoms with Crippen LogP contribution in [0.5, 0.6) is 0 Å². The van der Waals surface area contributed by atoms with Crippen LogP contribution in [0.1, 0.15) is 36.9 Å². The predicted octanol–water partition coefficient (Wildman–Crippen LogP) is 1.56. The lowest BCUT2D eigenvalue weighted by molar-refractivity contribution is -0.125. The van der Waals surface area contributed by atoms with Gasteiger partial charge in [0, 0.05) is 26.1 Å². The third kappa shape index (κ3) is 2.70. The number of ether oxygens (including phenoxy) is 1. The van der Waals surface area contributed by atoms with Gasteiger partial charge < -0.3 is 9.84 Å². The molecule has 1 saturated carbocycles. The fourth-order valence-corrected chi connectivity index (χ4v) is 2.15. The van der Waals surface area contributed by atoms with Crippen LogP contribution in [0.2, 0.25) is 0 Å². The van der Waals surface area contributed by atoms with Gasteiger partial charge >= 0.3 is 0 Å². The first kappa shape index (κ1) is 12.2. The molecule has 1 aromatic heterocycles. The molecule has 0 radical (unpaired) electrons. The standard InChI is InChI=1S/C13H17NO3/c1-17-9-10-2-3-12(14-8-10)13(16)6-4-11(15)5-7-13/h2-3,8,16H,4-7,9H2,1H3. The van der Waals surface area contributed by atoms with Gasteiger partial charge in [-0.2, -0.15) is 0 Å². The number of hydrogen-bond donors (Lipinski definition) is 1. The molecule has 0 bridgehead atoms. The predicted molar refractivity (Wildman–Crippen MR) is 62.3 cm³/mol. The summed E-state index contributed by atoms with van der Waals surface area (Å²) in [6, 6.07) is 3.73. The molecular weight excluding hydrogens is 218 g/mol. The minimum absolute atomic E-state index is 0.227. The Morgan fingerprint density at radius 1 is 1.41 bits per heavy atom. The number of methoxy groups -OCH3 is 1. The van der Waals surface area contributed by atoms with E-state index < -0.39 is 5.60 Å². The number of pyridine rings is 1. The van der Waals surface area contributed by atoms with Crippen molar-refractivity contribution in [1.82, 2.24) is 4.98 Å². The van der Waals surface area contributed by atoms with Crippen LogP contribution in [0.15, 0.2) is 18.3 Å². The number of ketones is 1. The van der Waals surface area contributed by atoms with Gasteiger partial charge in [-0.3, -0.25) is 9.78 Å². The lowest BCUT2D eigenvalue weighted by Gasteiger charge is -2.30. The molecule has 1 aliphatic rings. The lowest BCUT2D eigenvalue weighted by Crippen LogP contribution is -2.32. The zero-order valence-corrected chi connectivity index (χ0v) is 9.98. The molecule has 0 aliphatic heterocycles. The normalized spacial score (nSPS) is 19.3. The highest BCUT2D eigenvalue weighted by atomic mass is 16.5. The van der Waals surface area contributed by atoms with Crippen molar-refractivity contribution in [3.05, 3.63) is 29.6 Å². The van der Waals surface area contributed by atoms with Crippen LogP contribution >= 0.6 is 0 Å². The van der Waals surface area contributed by atoms with Crippen LogP contribution in [-0.4, -0.2) is 23.0 Å². The summed E-state index contributed by atoms with van der Waals surface area (Å²) in [5, 5.41) is 10.4. The minimum Gasteiger partial charge on any atom is -0.384 e. The fraction of sp³-hybridized carbons (Fsp3) is 0.538. The molecule has 0 unspecified atom stereocenters. The van der Waals surface area contributed by atoms with Crippen molar-refractivity contribution >= 4 is 5.78 Å². The van der Waals surface area contributed by atoms with Gasteiger partial charge in [-0.05, 0) is 24.5 Å². The number of hydrogen-bond acceptors (Lipinski definition) is 4. The zero-order valence-electron chi connectivity index (χ0n) is 9.98. The van der Waals surface area contributed by atoms with Crippen molar-refractivity contribution in [2.75, 3.05) is 7.11 Å². The molecule has 17 heavy (non-hydrogen) atoms. The Kier molecular flexibility index (Phi) is 3.54. The van der Waals surface area contributed by atoms with E-state index in [1.54, 1.807) is 13.3 Å². The van der Waals surface area contributed by atoms with Crippen LogP contribution in [0, 0.1) is 0 Å². The highest BCUT2D eigenvalue weighted by Crippen LogP contribution is 2.34. The molecule has 2 rings (SSSR count). The van der Waals surface area contributed by atoms with Crippen molar-refractivity contribution in [3.8, 4) is 0 Å². The van der Waals surface area contributed by atoms with E-state index in [4.69, 9.17) is 4.74 Å². The fourth-order valence-electron chi connectivity index (χ4n) is 2.15. The molecule has 4 nitrogen and oxygen atoms in total. The molecule has 0 spiro atoms. The summed E-state index contributed by atoms with van der Waals surface area (Å²) in [6.07, 6.45) is 3.55. The molecule has 1 aromatic rings. The third-order valence-electron chi connectivity index (χ3n) is 3.25. The summed E-state index contributed by atoms with van der Waals surface area (Å²) in [5.41, 5.74) is 0.705. The summed E-state index contributed by atoms with van der Waals surface area (Å²) >= 11 is 0. The molecular formula is C13H17NO3. The lowest BCUT2D eigenvalue weighted by atomic mass is 9.81. The number of rotatable bonds is 3. The minimum atomic E-state index is -0.931. The Morgan fingerprint density at radius 3 is 2.65 bits per heavy atom. The average molecular weight is 235 g/mol. The second-order valence-electron chi connectivity index (χ2n) is 4.55. The first-order valence-corrected chi connectivity index (χ1v) is 5.82. The van der Waals surface area contributed by atoms with E-state index in [2.05, 4.69) is 4.98 Å². The zero-order chi connectivity index (χ0) is 12.3. The van der Waals surface area contributed by atoms with E-state index in [9.17, 15) is 9.90 Å². The highest BCUT2D eigenvalue weighted by Gasteiger charge is 2.35. The Morgan fingerprint density at radius 2 is 2.12 bits per heavy atom. The number of aromatic nitrogens is 1. The van der Waals surface area contributed by atoms with Crippen molar-refractivity contribution in [1.29, 1.82) is 0 Å². The van der Waals surface area contributed by atoms with Crippen molar-refractivity contribution < 1.29 is 14.6 Å². The van der Waals surface area contributed by atoms with Crippen LogP contribution in [0.4, 0.5) is 0 Å². The largest absolute Gasteiger partial charge is 0.384 e. The first-order valence-electron chi connectivity index (χ1n) is 5.82. The molecule has 0 aromatic carbocycles. The van der Waals surface area contributed by atoms with E-state index in [1.165, 1.54) is 0 Å². The van der Waals surface area contributed by atoms with Crippen LogP contribution < -0.4 is 0 Å². The molecule has 92 valence electrons. The van der Waals surface area contributed by atoms with Gasteiger partial charge in [-0.1, -0.05) is 6.07 Å². The van der Waals surface area contributed by atoms with Crippen LogP contribution in [0.3, 0.4) is 0 Å². The molecule has 1 N–H and O–H groups in total. The molecule has 0 saturated heterocycles. The molecule has 0 amide bonds. The van der Waals surface area contributed by atoms with E-state index in [0.29, 0.717) is 38.0 Å². The summed E-state index contributed by atoms with van der Waals surface area (Å²) < 4.78 is 5.01. The van der Waals surface area contributed by atoms with Crippen molar-refractivity contribution in [3.63, 3.8) is 0 Å². The van der Waals surface area contributed by atoms with Gasteiger partial charge in [0.25, 0.3) is 0 Å². The SMILES string of the molecule is COCc1ccc(C2(O)CCC(=O)CC2)nc1. The maximum atomic E-state index is 11.2.